The van der Waals surface area contributed by atoms with E-state index in [0.717, 1.165) is 12.8 Å². The largest absolute Gasteiger partial charge is 0.469 e. The van der Waals surface area contributed by atoms with Gasteiger partial charge >= 0.3 is 29.8 Å². The van der Waals surface area contributed by atoms with Gasteiger partial charge in [-0.05, 0) is 45.4 Å². The van der Waals surface area contributed by atoms with Crippen molar-refractivity contribution < 1.29 is 63.0 Å². The van der Waals surface area contributed by atoms with Crippen LogP contribution in [0.2, 0.25) is 0 Å². The molecule has 0 heterocycles. The van der Waals surface area contributed by atoms with Crippen LogP contribution in [0.15, 0.2) is 24.3 Å². The van der Waals surface area contributed by atoms with Gasteiger partial charge in [0.1, 0.15) is 32.5 Å². The molecule has 0 spiro atoms. The van der Waals surface area contributed by atoms with Gasteiger partial charge in [0, 0.05) is 5.57 Å². The van der Waals surface area contributed by atoms with Gasteiger partial charge in [0.2, 0.25) is 0 Å². The summed E-state index contributed by atoms with van der Waals surface area (Å²) in [6.45, 7) is 7.67. The minimum absolute atomic E-state index is 0.0577. The highest BCUT2D eigenvalue weighted by molar-refractivity contribution is 5.87. The molecule has 0 aromatic carbocycles. The van der Waals surface area contributed by atoms with E-state index in [0.29, 0.717) is 37.7 Å². The second kappa shape index (κ2) is 21.4. The average molecular weight is 643 g/mol. The Balaban J connectivity index is 0.000000782. The van der Waals surface area contributed by atoms with Crippen molar-refractivity contribution in [3.05, 3.63) is 24.3 Å². The number of aliphatic hydroxyl groups is 3. The molecule has 0 amide bonds. The van der Waals surface area contributed by atoms with Gasteiger partial charge in [-0.15, -0.1) is 0 Å². The number of carbonyl (C=O) groups excluding carboxylic acids is 5. The van der Waals surface area contributed by atoms with Crippen molar-refractivity contribution in [2.75, 3.05) is 33.5 Å². The van der Waals surface area contributed by atoms with E-state index in [1.807, 2.05) is 6.92 Å². The second-order valence-corrected chi connectivity index (χ2v) is 11.2. The molecular formula is C32H50O13. The summed E-state index contributed by atoms with van der Waals surface area (Å²) in [5, 5.41) is 28.7. The van der Waals surface area contributed by atoms with Crippen LogP contribution in [0, 0.1) is 23.7 Å². The lowest BCUT2D eigenvalue weighted by Crippen LogP contribution is -2.37. The van der Waals surface area contributed by atoms with Gasteiger partial charge in [0.15, 0.2) is 0 Å². The van der Waals surface area contributed by atoms with Gasteiger partial charge < -0.3 is 39.0 Å². The highest BCUT2D eigenvalue weighted by atomic mass is 16.6. The highest BCUT2D eigenvalue weighted by Gasteiger charge is 2.38. The minimum Gasteiger partial charge on any atom is -0.469 e. The standard InChI is InChI=1S/C24H36O10.C8H14O3/c1-3-15(25)12-32-23(29)19-10-6-7-11-20(19)24(30)34-14-16(26)13-33-22(28)18-9-5-4-8-17(18)21(27)31-2;1-4-7(9)5-11-8(10)6(2)3/h6-7,15-20,25-26H,3-5,8-14H2,1-2H3;7,9H,2,4-5H2,1,3H3. The zero-order chi connectivity index (χ0) is 33.9. The molecule has 13 heteroatoms. The lowest BCUT2D eigenvalue weighted by atomic mass is 9.79. The Labute approximate surface area is 264 Å². The predicted octanol–water partition coefficient (Wildman–Crippen LogP) is 2.19. The Kier molecular flexibility index (Phi) is 18.9. The number of hydrogen-bond donors (Lipinski definition) is 3. The normalized spacial score (nSPS) is 22.7. The molecule has 1 fully saturated rings. The molecule has 0 aliphatic heterocycles. The zero-order valence-electron chi connectivity index (χ0n) is 26.8. The van der Waals surface area contributed by atoms with Gasteiger partial charge in [0.05, 0.1) is 43.0 Å². The molecule has 2 aliphatic carbocycles. The first kappa shape index (κ1) is 39.7. The quantitative estimate of drug-likeness (QED) is 0.102. The monoisotopic (exact) mass is 642 g/mol. The number of hydrogen-bond acceptors (Lipinski definition) is 13. The third-order valence-corrected chi connectivity index (χ3v) is 7.56. The van der Waals surface area contributed by atoms with Gasteiger partial charge in [-0.3, -0.25) is 19.2 Å². The number of allylic oxidation sites excluding steroid dienone is 2. The fraction of sp³-hybridized carbons (Fsp3) is 0.719. The fourth-order valence-electron chi connectivity index (χ4n) is 4.62. The Morgan fingerprint density at radius 2 is 1.04 bits per heavy atom. The summed E-state index contributed by atoms with van der Waals surface area (Å²) in [4.78, 5) is 60.0. The number of rotatable bonds is 15. The molecule has 7 atom stereocenters. The summed E-state index contributed by atoms with van der Waals surface area (Å²) in [7, 11) is 1.28. The molecule has 45 heavy (non-hydrogen) atoms. The lowest BCUT2D eigenvalue weighted by molar-refractivity contribution is -0.167. The minimum atomic E-state index is -1.25. The maximum Gasteiger partial charge on any atom is 0.333 e. The number of esters is 5. The summed E-state index contributed by atoms with van der Waals surface area (Å²) in [5.41, 5.74) is 0.355. The summed E-state index contributed by atoms with van der Waals surface area (Å²) in [6, 6.07) is 0. The van der Waals surface area contributed by atoms with Crippen LogP contribution in [0.3, 0.4) is 0 Å². The molecule has 0 aromatic heterocycles. The molecule has 0 bridgehead atoms. The third-order valence-electron chi connectivity index (χ3n) is 7.56. The molecule has 1 saturated carbocycles. The van der Waals surface area contributed by atoms with E-state index >= 15 is 0 Å². The Hall–Kier alpha value is -3.29. The summed E-state index contributed by atoms with van der Waals surface area (Å²) >= 11 is 0. The van der Waals surface area contributed by atoms with Crippen LogP contribution >= 0.6 is 0 Å². The first-order chi connectivity index (χ1) is 21.4. The molecule has 2 rings (SSSR count). The molecular weight excluding hydrogens is 592 g/mol. The van der Waals surface area contributed by atoms with Gasteiger partial charge in [0.25, 0.3) is 0 Å². The van der Waals surface area contributed by atoms with Gasteiger partial charge in [-0.25, -0.2) is 4.79 Å². The van der Waals surface area contributed by atoms with E-state index in [-0.39, 0.29) is 26.2 Å². The number of carbonyl (C=O) groups is 5. The predicted molar refractivity (Wildman–Crippen MR) is 160 cm³/mol. The van der Waals surface area contributed by atoms with Crippen molar-refractivity contribution >= 4 is 29.8 Å². The number of methoxy groups -OCH3 is 1. The van der Waals surface area contributed by atoms with Crippen LogP contribution in [0.25, 0.3) is 0 Å². The van der Waals surface area contributed by atoms with E-state index in [9.17, 15) is 34.2 Å². The van der Waals surface area contributed by atoms with E-state index in [4.69, 9.17) is 24.1 Å². The first-order valence-corrected chi connectivity index (χ1v) is 15.5. The Bertz CT molecular complexity index is 1010. The number of aliphatic hydroxyl groups excluding tert-OH is 3. The van der Waals surface area contributed by atoms with Gasteiger partial charge in [-0.1, -0.05) is 45.4 Å². The van der Waals surface area contributed by atoms with E-state index < -0.39 is 78.4 Å². The van der Waals surface area contributed by atoms with E-state index in [1.165, 1.54) is 7.11 Å². The molecule has 0 radical (unpaired) electrons. The highest BCUT2D eigenvalue weighted by Crippen LogP contribution is 2.32. The molecule has 0 aromatic rings. The van der Waals surface area contributed by atoms with E-state index in [2.05, 4.69) is 11.3 Å². The lowest BCUT2D eigenvalue weighted by Gasteiger charge is -2.28. The Morgan fingerprint density at radius 3 is 1.44 bits per heavy atom. The molecule has 256 valence electrons. The zero-order valence-corrected chi connectivity index (χ0v) is 26.8. The SMILES string of the molecule is C=C(C)C(=O)OCC(O)CC.CCC(O)COC(=O)C1CC=CCC1C(=O)OCC(O)COC(=O)C1CCCCC1C(=O)OC. The summed E-state index contributed by atoms with van der Waals surface area (Å²) in [5.74, 6) is -5.42. The molecule has 2 aliphatic rings. The molecule has 7 unspecified atom stereocenters. The van der Waals surface area contributed by atoms with Crippen LogP contribution < -0.4 is 0 Å². The van der Waals surface area contributed by atoms with Crippen LogP contribution in [0.5, 0.6) is 0 Å². The molecule has 3 N–H and O–H groups in total. The second-order valence-electron chi connectivity index (χ2n) is 11.2. The first-order valence-electron chi connectivity index (χ1n) is 15.5. The third kappa shape index (κ3) is 14.6. The van der Waals surface area contributed by atoms with Crippen molar-refractivity contribution in [2.45, 2.75) is 90.4 Å². The van der Waals surface area contributed by atoms with Crippen molar-refractivity contribution in [3.8, 4) is 0 Å². The van der Waals surface area contributed by atoms with Crippen LogP contribution in [0.1, 0.15) is 72.1 Å². The maximum atomic E-state index is 12.6. The summed E-state index contributed by atoms with van der Waals surface area (Å²) in [6.07, 6.45) is 5.29. The van der Waals surface area contributed by atoms with Crippen molar-refractivity contribution in [1.82, 2.24) is 0 Å². The maximum absolute atomic E-state index is 12.6. The molecule has 0 saturated heterocycles. The van der Waals surface area contributed by atoms with Crippen LogP contribution in [0.4, 0.5) is 0 Å². The Morgan fingerprint density at radius 1 is 0.667 bits per heavy atom. The average Bonchev–Trinajstić information content (AvgIpc) is 3.06. The van der Waals surface area contributed by atoms with Gasteiger partial charge in [-0.2, -0.15) is 0 Å². The summed E-state index contributed by atoms with van der Waals surface area (Å²) < 4.78 is 24.9. The van der Waals surface area contributed by atoms with Crippen LogP contribution in [-0.2, 0) is 47.7 Å². The molecule has 13 nitrogen and oxygen atoms in total. The fourth-order valence-corrected chi connectivity index (χ4v) is 4.62. The smallest absolute Gasteiger partial charge is 0.333 e. The van der Waals surface area contributed by atoms with E-state index in [1.54, 1.807) is 26.0 Å². The van der Waals surface area contributed by atoms with Crippen molar-refractivity contribution in [3.63, 3.8) is 0 Å². The van der Waals surface area contributed by atoms with Crippen molar-refractivity contribution in [2.24, 2.45) is 23.7 Å². The van der Waals surface area contributed by atoms with Crippen LogP contribution in [-0.4, -0.2) is 97.0 Å². The topological polar surface area (TPSA) is 192 Å². The van der Waals surface area contributed by atoms with Crippen molar-refractivity contribution in [1.29, 1.82) is 0 Å². The number of ether oxygens (including phenoxy) is 5.